The molecule has 0 heterocycles. The molecule has 0 aromatic carbocycles. The van der Waals surface area contributed by atoms with Crippen LogP contribution in [-0.4, -0.2) is 30.3 Å². The summed E-state index contributed by atoms with van der Waals surface area (Å²) in [6, 6.07) is 0.618. The first-order chi connectivity index (χ1) is 7.42. The summed E-state index contributed by atoms with van der Waals surface area (Å²) in [6.07, 6.45) is 3.03. The summed E-state index contributed by atoms with van der Waals surface area (Å²) in [6.45, 7) is 8.66. The fourth-order valence-corrected chi connectivity index (χ4v) is 2.10. The number of rotatable bonds is 3. The molecule has 1 aliphatic rings. The van der Waals surface area contributed by atoms with Gasteiger partial charge in [0, 0.05) is 12.1 Å². The molecule has 1 amide bonds. The number of carbonyl (C=O) groups is 1. The predicted molar refractivity (Wildman–Crippen MR) is 64.5 cm³/mol. The van der Waals surface area contributed by atoms with Crippen LogP contribution in [0.15, 0.2) is 0 Å². The van der Waals surface area contributed by atoms with Crippen molar-refractivity contribution < 1.29 is 9.53 Å². The maximum atomic E-state index is 11.6. The molecule has 16 heavy (non-hydrogen) atoms. The zero-order valence-corrected chi connectivity index (χ0v) is 10.8. The SMILES string of the molecule is CCNC1CCCC1NC(=O)OC(C)(C)C. The van der Waals surface area contributed by atoms with Crippen LogP contribution in [0.25, 0.3) is 0 Å². The van der Waals surface area contributed by atoms with Gasteiger partial charge >= 0.3 is 6.09 Å². The topological polar surface area (TPSA) is 50.4 Å². The minimum atomic E-state index is -0.420. The van der Waals surface area contributed by atoms with Crippen LogP contribution >= 0.6 is 0 Å². The molecule has 2 N–H and O–H groups in total. The number of hydrogen-bond donors (Lipinski definition) is 2. The van der Waals surface area contributed by atoms with E-state index in [1.54, 1.807) is 0 Å². The molecule has 0 spiro atoms. The van der Waals surface area contributed by atoms with Gasteiger partial charge in [0.15, 0.2) is 0 Å². The largest absolute Gasteiger partial charge is 0.444 e. The highest BCUT2D eigenvalue weighted by Crippen LogP contribution is 2.19. The molecule has 1 saturated carbocycles. The Balaban J connectivity index is 2.38. The Morgan fingerprint density at radius 3 is 2.50 bits per heavy atom. The van der Waals surface area contributed by atoms with Crippen molar-refractivity contribution in [1.82, 2.24) is 10.6 Å². The number of amides is 1. The third-order valence-corrected chi connectivity index (χ3v) is 2.68. The molecule has 0 bridgehead atoms. The van der Waals surface area contributed by atoms with Crippen molar-refractivity contribution in [2.45, 2.75) is 64.6 Å². The highest BCUT2D eigenvalue weighted by Gasteiger charge is 2.29. The molecule has 2 unspecified atom stereocenters. The van der Waals surface area contributed by atoms with Gasteiger partial charge in [-0.1, -0.05) is 6.92 Å². The van der Waals surface area contributed by atoms with E-state index in [-0.39, 0.29) is 12.1 Å². The lowest BCUT2D eigenvalue weighted by Crippen LogP contribution is -2.47. The predicted octanol–water partition coefficient (Wildman–Crippen LogP) is 2.04. The van der Waals surface area contributed by atoms with E-state index in [0.29, 0.717) is 6.04 Å². The second-order valence-electron chi connectivity index (χ2n) is 5.35. The molecule has 0 saturated heterocycles. The highest BCUT2D eigenvalue weighted by molar-refractivity contribution is 5.68. The van der Waals surface area contributed by atoms with Crippen LogP contribution in [0.2, 0.25) is 0 Å². The van der Waals surface area contributed by atoms with Gasteiger partial charge in [-0.15, -0.1) is 0 Å². The van der Waals surface area contributed by atoms with E-state index in [1.165, 1.54) is 0 Å². The van der Waals surface area contributed by atoms with Crippen molar-refractivity contribution in [3.8, 4) is 0 Å². The van der Waals surface area contributed by atoms with Gasteiger partial charge in [-0.05, 0) is 46.6 Å². The molecule has 94 valence electrons. The first kappa shape index (κ1) is 13.3. The lowest BCUT2D eigenvalue weighted by molar-refractivity contribution is 0.0498. The Bertz CT molecular complexity index is 236. The molecule has 0 aromatic heterocycles. The number of hydrogen-bond acceptors (Lipinski definition) is 3. The van der Waals surface area contributed by atoms with Crippen LogP contribution in [0.4, 0.5) is 4.79 Å². The molecule has 0 radical (unpaired) electrons. The van der Waals surface area contributed by atoms with Crippen LogP contribution < -0.4 is 10.6 Å². The number of carbonyl (C=O) groups excluding carboxylic acids is 1. The van der Waals surface area contributed by atoms with Crippen molar-refractivity contribution in [3.05, 3.63) is 0 Å². The van der Waals surface area contributed by atoms with Crippen LogP contribution in [-0.2, 0) is 4.74 Å². The minimum absolute atomic E-state index is 0.217. The summed E-state index contributed by atoms with van der Waals surface area (Å²) in [7, 11) is 0. The molecule has 1 aliphatic carbocycles. The number of ether oxygens (including phenoxy) is 1. The summed E-state index contributed by atoms with van der Waals surface area (Å²) in [5, 5.41) is 6.34. The van der Waals surface area contributed by atoms with Crippen molar-refractivity contribution >= 4 is 6.09 Å². The quantitative estimate of drug-likeness (QED) is 0.777. The van der Waals surface area contributed by atoms with Crippen LogP contribution in [0.5, 0.6) is 0 Å². The first-order valence-electron chi connectivity index (χ1n) is 6.15. The average Bonchev–Trinajstić information content (AvgIpc) is 2.50. The van der Waals surface area contributed by atoms with Crippen LogP contribution in [0, 0.1) is 0 Å². The Hall–Kier alpha value is -0.770. The van der Waals surface area contributed by atoms with Gasteiger partial charge in [0.25, 0.3) is 0 Å². The van der Waals surface area contributed by atoms with Gasteiger partial charge in [0.2, 0.25) is 0 Å². The summed E-state index contributed by atoms with van der Waals surface area (Å²) in [5.74, 6) is 0. The Kier molecular flexibility index (Phi) is 4.59. The molecule has 4 nitrogen and oxygen atoms in total. The summed E-state index contributed by atoms with van der Waals surface area (Å²) in [4.78, 5) is 11.6. The van der Waals surface area contributed by atoms with Gasteiger partial charge in [-0.25, -0.2) is 4.79 Å². The third kappa shape index (κ3) is 4.39. The van der Waals surface area contributed by atoms with Gasteiger partial charge < -0.3 is 15.4 Å². The van der Waals surface area contributed by atoms with Crippen molar-refractivity contribution in [1.29, 1.82) is 0 Å². The third-order valence-electron chi connectivity index (χ3n) is 2.68. The van der Waals surface area contributed by atoms with Crippen LogP contribution in [0.1, 0.15) is 47.0 Å². The Labute approximate surface area is 98.1 Å². The van der Waals surface area contributed by atoms with Crippen molar-refractivity contribution in [3.63, 3.8) is 0 Å². The molecule has 0 aromatic rings. The smallest absolute Gasteiger partial charge is 0.407 e. The second-order valence-corrected chi connectivity index (χ2v) is 5.35. The monoisotopic (exact) mass is 228 g/mol. The van der Waals surface area contributed by atoms with Gasteiger partial charge in [0.05, 0.1) is 0 Å². The summed E-state index contributed by atoms with van der Waals surface area (Å²) < 4.78 is 5.25. The van der Waals surface area contributed by atoms with Gasteiger partial charge in [-0.3, -0.25) is 0 Å². The summed E-state index contributed by atoms with van der Waals surface area (Å²) in [5.41, 5.74) is -0.420. The standard InChI is InChI=1S/C12H24N2O2/c1-5-13-9-7-6-8-10(9)14-11(15)16-12(2,3)4/h9-10,13H,5-8H2,1-4H3,(H,14,15). The Morgan fingerprint density at radius 1 is 1.31 bits per heavy atom. The van der Waals surface area contributed by atoms with Crippen molar-refractivity contribution in [2.75, 3.05) is 6.54 Å². The molecular weight excluding hydrogens is 204 g/mol. The molecule has 2 atom stereocenters. The average molecular weight is 228 g/mol. The second kappa shape index (κ2) is 5.53. The fraction of sp³-hybridized carbons (Fsp3) is 0.917. The molecular formula is C12H24N2O2. The van der Waals surface area contributed by atoms with E-state index in [0.717, 1.165) is 25.8 Å². The molecule has 0 aliphatic heterocycles. The summed E-state index contributed by atoms with van der Waals surface area (Å²) >= 11 is 0. The number of alkyl carbamates (subject to hydrolysis) is 1. The lowest BCUT2D eigenvalue weighted by atomic mass is 10.2. The highest BCUT2D eigenvalue weighted by atomic mass is 16.6. The van der Waals surface area contributed by atoms with Gasteiger partial charge in [0.1, 0.15) is 5.60 Å². The maximum absolute atomic E-state index is 11.6. The van der Waals surface area contributed by atoms with E-state index >= 15 is 0 Å². The van der Waals surface area contributed by atoms with E-state index in [1.807, 2.05) is 20.8 Å². The van der Waals surface area contributed by atoms with E-state index in [4.69, 9.17) is 4.74 Å². The van der Waals surface area contributed by atoms with Gasteiger partial charge in [-0.2, -0.15) is 0 Å². The number of nitrogens with one attached hydrogen (secondary N) is 2. The Morgan fingerprint density at radius 2 is 1.94 bits per heavy atom. The van der Waals surface area contributed by atoms with Crippen molar-refractivity contribution in [2.24, 2.45) is 0 Å². The number of likely N-dealkylation sites (N-methyl/N-ethyl adjacent to an activating group) is 1. The van der Waals surface area contributed by atoms with Crippen LogP contribution in [0.3, 0.4) is 0 Å². The molecule has 1 fully saturated rings. The minimum Gasteiger partial charge on any atom is -0.444 e. The zero-order valence-electron chi connectivity index (χ0n) is 10.8. The first-order valence-corrected chi connectivity index (χ1v) is 6.15. The van der Waals surface area contributed by atoms with E-state index in [2.05, 4.69) is 17.6 Å². The van der Waals surface area contributed by atoms with E-state index in [9.17, 15) is 4.79 Å². The maximum Gasteiger partial charge on any atom is 0.407 e. The zero-order chi connectivity index (χ0) is 12.2. The lowest BCUT2D eigenvalue weighted by Gasteiger charge is -2.25. The molecule has 1 rings (SSSR count). The molecule has 4 heteroatoms. The fourth-order valence-electron chi connectivity index (χ4n) is 2.10. The normalized spacial score (nSPS) is 25.5. The van der Waals surface area contributed by atoms with E-state index < -0.39 is 5.60 Å².